The van der Waals surface area contributed by atoms with Crippen molar-refractivity contribution in [1.82, 2.24) is 10.3 Å². The van der Waals surface area contributed by atoms with Gasteiger partial charge in [-0.3, -0.25) is 14.9 Å². The van der Waals surface area contributed by atoms with Crippen LogP contribution < -0.4 is 10.2 Å². The molecule has 1 unspecified atom stereocenters. The number of nitrogens with zero attached hydrogens (tertiary/aromatic N) is 2. The zero-order chi connectivity index (χ0) is 14.0. The zero-order valence-electron chi connectivity index (χ0n) is 10.3. The third kappa shape index (κ3) is 2.54. The summed E-state index contributed by atoms with van der Waals surface area (Å²) in [4.78, 5) is 39.4. The standard InChI is InChI=1S/C12H13N3O4/c1-2-8-11(17)14-10(16)6-15(8)9-4-3-7(5-13-9)12(18)19/h3-5,8H,2,6H2,1H3,(H,18,19)(H,14,16,17). The van der Waals surface area contributed by atoms with E-state index in [9.17, 15) is 14.4 Å². The lowest BCUT2D eigenvalue weighted by molar-refractivity contribution is -0.132. The van der Waals surface area contributed by atoms with Gasteiger partial charge in [-0.25, -0.2) is 9.78 Å². The molecule has 7 nitrogen and oxygen atoms in total. The van der Waals surface area contributed by atoms with Crippen LogP contribution in [0.4, 0.5) is 5.82 Å². The van der Waals surface area contributed by atoms with Gasteiger partial charge in [-0.15, -0.1) is 0 Å². The molecule has 2 rings (SSSR count). The summed E-state index contributed by atoms with van der Waals surface area (Å²) in [5.74, 6) is -1.40. The van der Waals surface area contributed by atoms with Crippen LogP contribution in [0.25, 0.3) is 0 Å². The molecule has 1 atom stereocenters. The molecule has 7 heteroatoms. The summed E-state index contributed by atoms with van der Waals surface area (Å²) in [5, 5.41) is 11.1. The second-order valence-corrected chi connectivity index (χ2v) is 4.17. The number of anilines is 1. The number of carbonyl (C=O) groups excluding carboxylic acids is 2. The molecule has 0 saturated carbocycles. The Morgan fingerprint density at radius 1 is 1.53 bits per heavy atom. The van der Waals surface area contributed by atoms with Gasteiger partial charge >= 0.3 is 5.97 Å². The summed E-state index contributed by atoms with van der Waals surface area (Å²) in [6.07, 6.45) is 1.74. The molecule has 0 bridgehead atoms. The average Bonchev–Trinajstić information content (AvgIpc) is 2.38. The lowest BCUT2D eigenvalue weighted by atomic mass is 10.1. The molecule has 0 aromatic carbocycles. The number of carboxylic acids is 1. The molecule has 1 aromatic heterocycles. The van der Waals surface area contributed by atoms with Gasteiger partial charge in [-0.2, -0.15) is 0 Å². The SMILES string of the molecule is CCC1C(=O)NC(=O)CN1c1ccc(C(=O)O)cn1. The second-order valence-electron chi connectivity index (χ2n) is 4.17. The maximum absolute atomic E-state index is 11.7. The number of aromatic carboxylic acids is 1. The average molecular weight is 263 g/mol. The smallest absolute Gasteiger partial charge is 0.337 e. The number of carboxylic acid groups (broad SMARTS) is 1. The van der Waals surface area contributed by atoms with E-state index in [-0.39, 0.29) is 23.9 Å². The number of hydrogen-bond donors (Lipinski definition) is 2. The summed E-state index contributed by atoms with van der Waals surface area (Å²) in [5.41, 5.74) is 0.0598. The van der Waals surface area contributed by atoms with Gasteiger partial charge in [0.2, 0.25) is 11.8 Å². The molecular formula is C12H13N3O4. The van der Waals surface area contributed by atoms with E-state index in [2.05, 4.69) is 10.3 Å². The van der Waals surface area contributed by atoms with Crippen molar-refractivity contribution in [1.29, 1.82) is 0 Å². The molecule has 100 valence electrons. The molecule has 2 amide bonds. The van der Waals surface area contributed by atoms with Gasteiger partial charge in [0.1, 0.15) is 11.9 Å². The second kappa shape index (κ2) is 5.05. The van der Waals surface area contributed by atoms with Crippen molar-refractivity contribution in [3.8, 4) is 0 Å². The Labute approximate surface area is 109 Å². The minimum absolute atomic E-state index is 0.0314. The summed E-state index contributed by atoms with van der Waals surface area (Å²) in [6.45, 7) is 1.86. The Kier molecular flexibility index (Phi) is 3.46. The first-order chi connectivity index (χ1) is 9.02. The Hall–Kier alpha value is -2.44. The van der Waals surface area contributed by atoms with Gasteiger partial charge in [-0.1, -0.05) is 6.92 Å². The third-order valence-corrected chi connectivity index (χ3v) is 2.93. The van der Waals surface area contributed by atoms with Crippen molar-refractivity contribution >= 4 is 23.6 Å². The van der Waals surface area contributed by atoms with Crippen LogP contribution in [0.15, 0.2) is 18.3 Å². The number of pyridine rings is 1. The minimum atomic E-state index is -1.07. The largest absolute Gasteiger partial charge is 0.478 e. The van der Waals surface area contributed by atoms with Crippen molar-refractivity contribution in [3.63, 3.8) is 0 Å². The first-order valence-electron chi connectivity index (χ1n) is 5.82. The Bertz CT molecular complexity index is 526. The fraction of sp³-hybridized carbons (Fsp3) is 0.333. The molecule has 2 N–H and O–H groups in total. The molecule has 0 radical (unpaired) electrons. The van der Waals surface area contributed by atoms with Crippen LogP contribution in [-0.2, 0) is 9.59 Å². The number of imide groups is 1. The minimum Gasteiger partial charge on any atom is -0.478 e. The van der Waals surface area contributed by atoms with Crippen molar-refractivity contribution in [3.05, 3.63) is 23.9 Å². The highest BCUT2D eigenvalue weighted by Crippen LogP contribution is 2.18. The summed E-state index contributed by atoms with van der Waals surface area (Å²) >= 11 is 0. The van der Waals surface area contributed by atoms with Crippen LogP contribution in [0.3, 0.4) is 0 Å². The highest BCUT2D eigenvalue weighted by molar-refractivity contribution is 6.04. The van der Waals surface area contributed by atoms with E-state index in [1.807, 2.05) is 6.92 Å². The number of hydrogen-bond acceptors (Lipinski definition) is 5. The number of aromatic nitrogens is 1. The van der Waals surface area contributed by atoms with E-state index in [4.69, 9.17) is 5.11 Å². The predicted octanol–water partition coefficient (Wildman–Crippen LogP) is 0.0212. The molecule has 1 aromatic rings. The van der Waals surface area contributed by atoms with Crippen LogP contribution in [0, 0.1) is 0 Å². The van der Waals surface area contributed by atoms with Gasteiger partial charge in [-0.05, 0) is 18.6 Å². The number of rotatable bonds is 3. The quantitative estimate of drug-likeness (QED) is 0.746. The third-order valence-electron chi connectivity index (χ3n) is 2.93. The Morgan fingerprint density at radius 3 is 2.79 bits per heavy atom. The molecule has 1 saturated heterocycles. The van der Waals surface area contributed by atoms with Gasteiger partial charge in [0.25, 0.3) is 0 Å². The first-order valence-corrected chi connectivity index (χ1v) is 5.82. The number of piperazine rings is 1. The molecule has 1 aliphatic rings. The van der Waals surface area contributed by atoms with Crippen LogP contribution >= 0.6 is 0 Å². The highest BCUT2D eigenvalue weighted by Gasteiger charge is 2.33. The topological polar surface area (TPSA) is 99.6 Å². The molecule has 19 heavy (non-hydrogen) atoms. The number of carbonyl (C=O) groups is 3. The highest BCUT2D eigenvalue weighted by atomic mass is 16.4. The zero-order valence-corrected chi connectivity index (χ0v) is 10.3. The van der Waals surface area contributed by atoms with E-state index in [1.54, 1.807) is 4.90 Å². The van der Waals surface area contributed by atoms with E-state index in [0.717, 1.165) is 0 Å². The normalized spacial score (nSPS) is 19.2. The van der Waals surface area contributed by atoms with Crippen molar-refractivity contribution in [2.24, 2.45) is 0 Å². The Balaban J connectivity index is 2.29. The molecule has 1 fully saturated rings. The van der Waals surface area contributed by atoms with Crippen LogP contribution in [0.2, 0.25) is 0 Å². The van der Waals surface area contributed by atoms with E-state index in [1.165, 1.54) is 18.3 Å². The molecule has 2 heterocycles. The lowest BCUT2D eigenvalue weighted by Crippen LogP contribution is -2.58. The van der Waals surface area contributed by atoms with Crippen LogP contribution in [0.1, 0.15) is 23.7 Å². The van der Waals surface area contributed by atoms with Crippen LogP contribution in [0.5, 0.6) is 0 Å². The first kappa shape index (κ1) is 13.0. The predicted molar refractivity (Wildman–Crippen MR) is 65.8 cm³/mol. The van der Waals surface area contributed by atoms with E-state index in [0.29, 0.717) is 12.2 Å². The summed E-state index contributed by atoms with van der Waals surface area (Å²) in [7, 11) is 0. The van der Waals surface area contributed by atoms with Gasteiger partial charge < -0.3 is 10.0 Å². The van der Waals surface area contributed by atoms with Gasteiger partial charge in [0.05, 0.1) is 12.1 Å². The van der Waals surface area contributed by atoms with Gasteiger partial charge in [0, 0.05) is 6.20 Å². The monoisotopic (exact) mass is 263 g/mol. The number of amides is 2. The number of nitrogens with one attached hydrogen (secondary N) is 1. The Morgan fingerprint density at radius 2 is 2.26 bits per heavy atom. The molecule has 1 aliphatic heterocycles. The van der Waals surface area contributed by atoms with E-state index < -0.39 is 12.0 Å². The maximum atomic E-state index is 11.7. The lowest BCUT2D eigenvalue weighted by Gasteiger charge is -2.34. The molecule has 0 aliphatic carbocycles. The fourth-order valence-corrected chi connectivity index (χ4v) is 2.00. The summed E-state index contributed by atoms with van der Waals surface area (Å²) < 4.78 is 0. The fourth-order valence-electron chi connectivity index (χ4n) is 2.00. The van der Waals surface area contributed by atoms with E-state index >= 15 is 0 Å². The van der Waals surface area contributed by atoms with Crippen molar-refractivity contribution in [2.75, 3.05) is 11.4 Å². The van der Waals surface area contributed by atoms with Crippen molar-refractivity contribution in [2.45, 2.75) is 19.4 Å². The maximum Gasteiger partial charge on any atom is 0.337 e. The van der Waals surface area contributed by atoms with Crippen molar-refractivity contribution < 1.29 is 19.5 Å². The molecule has 0 spiro atoms. The van der Waals surface area contributed by atoms with Gasteiger partial charge in [0.15, 0.2) is 0 Å². The molecular weight excluding hydrogens is 250 g/mol. The van der Waals surface area contributed by atoms with Crippen LogP contribution in [-0.4, -0.2) is 40.5 Å². The summed E-state index contributed by atoms with van der Waals surface area (Å²) in [6, 6.07) is 2.42.